The number of carbonyl (C=O) groups excluding carboxylic acids is 2. The fraction of sp³-hybridized carbons (Fsp3) is 0.308. The van der Waals surface area contributed by atoms with Gasteiger partial charge < -0.3 is 24.3 Å². The molecule has 2 aliphatic heterocycles. The lowest BCUT2D eigenvalue weighted by Gasteiger charge is -2.34. The number of benzene rings is 2. The summed E-state index contributed by atoms with van der Waals surface area (Å²) in [6, 6.07) is 12.7. The lowest BCUT2D eigenvalue weighted by molar-refractivity contribution is -0.140. The highest BCUT2D eigenvalue weighted by Crippen LogP contribution is 2.48. The van der Waals surface area contributed by atoms with E-state index in [4.69, 9.17) is 30.5 Å². The van der Waals surface area contributed by atoms with E-state index >= 15 is 0 Å². The third-order valence-electron chi connectivity index (χ3n) is 6.13. The van der Waals surface area contributed by atoms with Gasteiger partial charge in [-0.3, -0.25) is 4.79 Å². The molecule has 0 amide bonds. The first-order chi connectivity index (χ1) is 16.5. The minimum Gasteiger partial charge on any atom is -0.490 e. The molecule has 0 fully saturated rings. The summed E-state index contributed by atoms with van der Waals surface area (Å²) in [4.78, 5) is 26.4. The Kier molecular flexibility index (Phi) is 6.20. The van der Waals surface area contributed by atoms with Crippen LogP contribution in [0, 0.1) is 0 Å². The molecule has 176 valence electrons. The number of esters is 1. The van der Waals surface area contributed by atoms with Gasteiger partial charge in [0.05, 0.1) is 5.57 Å². The van der Waals surface area contributed by atoms with E-state index in [9.17, 15) is 9.59 Å². The standard InChI is InChI=1S/C26H24ClNO6/c1-15-23(26(30)32-11-10-31-16-6-3-2-4-7-16)24(25-19(28-15)8-5-9-20(25)29)17-12-21-22(13-18(17)27)34-14-33-21/h2-4,6-7,12-13,24,28H,5,8-11,14H2,1H3/t24-/m1/s1. The van der Waals surface area contributed by atoms with Crippen LogP contribution in [-0.4, -0.2) is 31.8 Å². The molecule has 0 saturated heterocycles. The van der Waals surface area contributed by atoms with E-state index in [0.29, 0.717) is 51.1 Å². The van der Waals surface area contributed by atoms with Gasteiger partial charge in [-0.2, -0.15) is 0 Å². The maximum atomic E-state index is 13.3. The molecule has 0 spiro atoms. The van der Waals surface area contributed by atoms with Gasteiger partial charge in [0.1, 0.15) is 19.0 Å². The molecular formula is C26H24ClNO6. The number of para-hydroxylation sites is 1. The first-order valence-electron chi connectivity index (χ1n) is 11.2. The number of hydrogen-bond donors (Lipinski definition) is 1. The molecule has 5 rings (SSSR count). The molecule has 1 atom stereocenters. The molecule has 3 aliphatic rings. The Morgan fingerprint density at radius 3 is 2.68 bits per heavy atom. The Morgan fingerprint density at radius 1 is 1.12 bits per heavy atom. The Labute approximate surface area is 202 Å². The largest absolute Gasteiger partial charge is 0.490 e. The molecule has 0 saturated carbocycles. The van der Waals surface area contributed by atoms with Crippen molar-refractivity contribution < 1.29 is 28.5 Å². The SMILES string of the molecule is CC1=C(C(=O)OCCOc2ccccc2)[C@@H](c2cc3c(cc2Cl)OCO3)C2=C(CCCC2=O)N1. The summed E-state index contributed by atoms with van der Waals surface area (Å²) in [6.45, 7) is 2.18. The number of halogens is 1. The topological polar surface area (TPSA) is 83.1 Å². The van der Waals surface area contributed by atoms with Crippen molar-refractivity contribution in [1.82, 2.24) is 5.32 Å². The first kappa shape index (κ1) is 22.3. The lowest BCUT2D eigenvalue weighted by atomic mass is 9.75. The molecule has 2 heterocycles. The highest BCUT2D eigenvalue weighted by molar-refractivity contribution is 6.32. The van der Waals surface area contributed by atoms with Crippen molar-refractivity contribution in [1.29, 1.82) is 0 Å². The highest BCUT2D eigenvalue weighted by atomic mass is 35.5. The zero-order valence-electron chi connectivity index (χ0n) is 18.7. The number of hydrogen-bond acceptors (Lipinski definition) is 7. The quantitative estimate of drug-likeness (QED) is 0.474. The predicted octanol–water partition coefficient (Wildman–Crippen LogP) is 4.66. The normalized spacial score (nSPS) is 19.0. The number of dihydropyridines is 1. The van der Waals surface area contributed by atoms with Crippen LogP contribution in [0.4, 0.5) is 0 Å². The van der Waals surface area contributed by atoms with Crippen LogP contribution >= 0.6 is 11.6 Å². The summed E-state index contributed by atoms with van der Waals surface area (Å²) in [5.41, 5.74) is 3.00. The van der Waals surface area contributed by atoms with Crippen LogP contribution in [0.1, 0.15) is 37.7 Å². The molecule has 1 aliphatic carbocycles. The van der Waals surface area contributed by atoms with Gasteiger partial charge in [-0.05, 0) is 43.5 Å². The number of ether oxygens (including phenoxy) is 4. The highest BCUT2D eigenvalue weighted by Gasteiger charge is 2.40. The van der Waals surface area contributed by atoms with Crippen LogP contribution in [-0.2, 0) is 14.3 Å². The minimum absolute atomic E-state index is 0.00213. The van der Waals surface area contributed by atoms with Crippen LogP contribution in [0.25, 0.3) is 0 Å². The predicted molar refractivity (Wildman–Crippen MR) is 125 cm³/mol. The van der Waals surface area contributed by atoms with Crippen LogP contribution < -0.4 is 19.5 Å². The third-order valence-corrected chi connectivity index (χ3v) is 6.45. The monoisotopic (exact) mass is 481 g/mol. The molecule has 2 aromatic carbocycles. The summed E-state index contributed by atoms with van der Waals surface area (Å²) in [6.07, 6.45) is 1.91. The van der Waals surface area contributed by atoms with Crippen LogP contribution in [0.2, 0.25) is 5.02 Å². The van der Waals surface area contributed by atoms with Gasteiger partial charge >= 0.3 is 5.97 Å². The van der Waals surface area contributed by atoms with E-state index in [1.54, 1.807) is 12.1 Å². The molecular weight excluding hydrogens is 458 g/mol. The van der Waals surface area contributed by atoms with Gasteiger partial charge in [0.15, 0.2) is 17.3 Å². The number of rotatable bonds is 6. The minimum atomic E-state index is -0.659. The van der Waals surface area contributed by atoms with Gasteiger partial charge in [-0.1, -0.05) is 29.8 Å². The van der Waals surface area contributed by atoms with E-state index in [-0.39, 0.29) is 25.8 Å². The Morgan fingerprint density at radius 2 is 1.88 bits per heavy atom. The molecule has 34 heavy (non-hydrogen) atoms. The van der Waals surface area contributed by atoms with E-state index < -0.39 is 11.9 Å². The van der Waals surface area contributed by atoms with Gasteiger partial charge in [0.2, 0.25) is 6.79 Å². The van der Waals surface area contributed by atoms with E-state index in [1.165, 1.54) is 0 Å². The van der Waals surface area contributed by atoms with Gasteiger partial charge in [0.25, 0.3) is 0 Å². The first-order valence-corrected chi connectivity index (χ1v) is 11.6. The van der Waals surface area contributed by atoms with Crippen molar-refractivity contribution in [2.24, 2.45) is 0 Å². The number of fused-ring (bicyclic) bond motifs is 1. The van der Waals surface area contributed by atoms with Crippen LogP contribution in [0.5, 0.6) is 17.2 Å². The van der Waals surface area contributed by atoms with Crippen molar-refractivity contribution in [3.63, 3.8) is 0 Å². The Balaban J connectivity index is 1.44. The summed E-state index contributed by atoms with van der Waals surface area (Å²) >= 11 is 6.65. The van der Waals surface area contributed by atoms with Crippen molar-refractivity contribution in [3.05, 3.63) is 75.6 Å². The average molecular weight is 482 g/mol. The van der Waals surface area contributed by atoms with Crippen molar-refractivity contribution in [2.45, 2.75) is 32.1 Å². The van der Waals surface area contributed by atoms with Crippen LogP contribution in [0.3, 0.4) is 0 Å². The second-order valence-corrected chi connectivity index (χ2v) is 8.70. The molecule has 0 radical (unpaired) electrons. The molecule has 0 aromatic heterocycles. The number of carbonyl (C=O) groups is 2. The van der Waals surface area contributed by atoms with Gasteiger partial charge in [-0.15, -0.1) is 0 Å². The molecule has 8 heteroatoms. The van der Waals surface area contributed by atoms with Gasteiger partial charge in [-0.25, -0.2) is 4.79 Å². The molecule has 0 unspecified atom stereocenters. The van der Waals surface area contributed by atoms with E-state index in [1.807, 2.05) is 37.3 Å². The zero-order valence-corrected chi connectivity index (χ0v) is 19.4. The van der Waals surface area contributed by atoms with Crippen molar-refractivity contribution >= 4 is 23.4 Å². The smallest absolute Gasteiger partial charge is 0.336 e. The molecule has 7 nitrogen and oxygen atoms in total. The average Bonchev–Trinajstić information content (AvgIpc) is 3.28. The zero-order chi connectivity index (χ0) is 23.7. The van der Waals surface area contributed by atoms with Crippen molar-refractivity contribution in [2.75, 3.05) is 20.0 Å². The van der Waals surface area contributed by atoms with Crippen molar-refractivity contribution in [3.8, 4) is 17.2 Å². The van der Waals surface area contributed by atoms with Gasteiger partial charge in [0, 0.05) is 40.4 Å². The molecule has 0 bridgehead atoms. The summed E-state index contributed by atoms with van der Waals surface area (Å²) < 4.78 is 22.2. The molecule has 1 N–H and O–H groups in total. The maximum absolute atomic E-state index is 13.3. The fourth-order valence-electron chi connectivity index (χ4n) is 4.61. The summed E-state index contributed by atoms with van der Waals surface area (Å²) in [5.74, 6) is 0.581. The number of Topliss-reactive ketones (excluding diaryl/α,β-unsaturated/α-hetero) is 1. The lowest BCUT2D eigenvalue weighted by Crippen LogP contribution is -2.34. The summed E-state index contributed by atoms with van der Waals surface area (Å²) in [5, 5.41) is 3.67. The molecule has 2 aromatic rings. The summed E-state index contributed by atoms with van der Waals surface area (Å²) in [7, 11) is 0. The maximum Gasteiger partial charge on any atom is 0.336 e. The Bertz CT molecular complexity index is 1200. The van der Waals surface area contributed by atoms with E-state index in [2.05, 4.69) is 5.32 Å². The number of allylic oxidation sites excluding steroid dienone is 3. The third kappa shape index (κ3) is 4.23. The Hall–Kier alpha value is -3.45. The number of nitrogens with one attached hydrogen (secondary N) is 1. The van der Waals surface area contributed by atoms with E-state index in [0.717, 1.165) is 18.5 Å². The number of ketones is 1. The van der Waals surface area contributed by atoms with Crippen LogP contribution in [0.15, 0.2) is 65.0 Å². The second kappa shape index (κ2) is 9.43. The fourth-order valence-corrected chi connectivity index (χ4v) is 4.87. The second-order valence-electron chi connectivity index (χ2n) is 8.29.